The number of unbranched alkanes of at least 4 members (excludes halogenated alkanes) is 2. The second-order valence-electron chi connectivity index (χ2n) is 8.40. The summed E-state index contributed by atoms with van der Waals surface area (Å²) in [5.41, 5.74) is 1.99. The molecule has 0 bridgehead atoms. The summed E-state index contributed by atoms with van der Waals surface area (Å²) >= 11 is 1.36. The Bertz CT molecular complexity index is 857. The van der Waals surface area contributed by atoms with Gasteiger partial charge in [0.15, 0.2) is 5.06 Å². The molecule has 2 N–H and O–H groups in total. The van der Waals surface area contributed by atoms with Crippen molar-refractivity contribution in [2.45, 2.75) is 76.7 Å². The van der Waals surface area contributed by atoms with Crippen LogP contribution in [-0.4, -0.2) is 22.2 Å². The van der Waals surface area contributed by atoms with Crippen LogP contribution >= 0.6 is 11.3 Å². The summed E-state index contributed by atoms with van der Waals surface area (Å²) < 4.78 is 4.69. The van der Waals surface area contributed by atoms with Gasteiger partial charge in [0.1, 0.15) is 5.78 Å². The van der Waals surface area contributed by atoms with E-state index in [1.165, 1.54) is 11.3 Å². The molecule has 1 aliphatic rings. The summed E-state index contributed by atoms with van der Waals surface area (Å²) in [4.78, 5) is 24.3. The van der Waals surface area contributed by atoms with Crippen LogP contribution in [0.2, 0.25) is 0 Å². The maximum absolute atomic E-state index is 12.6. The van der Waals surface area contributed by atoms with Crippen LogP contribution in [0.25, 0.3) is 0 Å². The fourth-order valence-electron chi connectivity index (χ4n) is 4.53. The monoisotopic (exact) mass is 444 g/mol. The Morgan fingerprint density at radius 3 is 2.65 bits per heavy atom. The number of carboxylic acid groups (broad SMARTS) is 1. The lowest BCUT2D eigenvalue weighted by atomic mass is 9.84. The zero-order valence-corrected chi connectivity index (χ0v) is 18.9. The van der Waals surface area contributed by atoms with Crippen molar-refractivity contribution in [3.8, 4) is 5.06 Å². The van der Waals surface area contributed by atoms with Crippen molar-refractivity contribution in [1.82, 2.24) is 0 Å². The highest BCUT2D eigenvalue weighted by Gasteiger charge is 2.35. The highest BCUT2D eigenvalue weighted by molar-refractivity contribution is 7.13. The molecule has 2 aromatic rings. The van der Waals surface area contributed by atoms with Crippen LogP contribution in [0.15, 0.2) is 36.4 Å². The molecule has 1 aromatic heterocycles. The molecule has 5 nitrogen and oxygen atoms in total. The molecule has 1 fully saturated rings. The zero-order chi connectivity index (χ0) is 22.2. The summed E-state index contributed by atoms with van der Waals surface area (Å²) in [5.74, 6) is 0.595. The average Bonchev–Trinajstić information content (AvgIpc) is 3.34. The Balaban J connectivity index is 1.54. The molecule has 1 saturated carbocycles. The van der Waals surface area contributed by atoms with Gasteiger partial charge in [0.2, 0.25) is 0 Å². The van der Waals surface area contributed by atoms with Crippen molar-refractivity contribution in [1.29, 1.82) is 0 Å². The van der Waals surface area contributed by atoms with Gasteiger partial charge in [-0.15, -0.1) is 11.3 Å². The van der Waals surface area contributed by atoms with E-state index in [0.29, 0.717) is 23.2 Å². The van der Waals surface area contributed by atoms with E-state index < -0.39 is 12.3 Å². The van der Waals surface area contributed by atoms with Crippen LogP contribution in [0.3, 0.4) is 0 Å². The largest absolute Gasteiger partial charge is 0.512 e. The van der Waals surface area contributed by atoms with Gasteiger partial charge in [0.25, 0.3) is 0 Å². The standard InChI is InChI=1S/C25H32O5S/c1-2-3-4-8-21(26)17-9-11-19(12-10-17)24-18(13-15-22(24)27)6-5-7-20-14-16-23(31-20)30-25(28)29/h9-12,14,16,18,21,24,26H,2-8,13,15H2,1H3,(H,28,29)/t18-,21?,24-/m0/s1. The number of ketones is 1. The minimum atomic E-state index is -1.29. The van der Waals surface area contributed by atoms with Crippen LogP contribution < -0.4 is 4.74 Å². The molecule has 3 rings (SSSR count). The van der Waals surface area contributed by atoms with Crippen LogP contribution in [0.5, 0.6) is 5.06 Å². The van der Waals surface area contributed by atoms with Crippen LogP contribution in [0, 0.1) is 5.92 Å². The van der Waals surface area contributed by atoms with Crippen LogP contribution in [-0.2, 0) is 11.2 Å². The normalized spacial score (nSPS) is 19.5. The Hall–Kier alpha value is -2.18. The third kappa shape index (κ3) is 6.65. The van der Waals surface area contributed by atoms with Crippen molar-refractivity contribution in [3.63, 3.8) is 0 Å². The Labute approximate surface area is 188 Å². The zero-order valence-electron chi connectivity index (χ0n) is 18.1. The number of aryl methyl sites for hydroxylation is 1. The summed E-state index contributed by atoms with van der Waals surface area (Å²) in [7, 11) is 0. The van der Waals surface area contributed by atoms with E-state index in [1.54, 1.807) is 6.07 Å². The third-order valence-corrected chi connectivity index (χ3v) is 7.19. The van der Waals surface area contributed by atoms with Crippen molar-refractivity contribution < 1.29 is 24.5 Å². The summed E-state index contributed by atoms with van der Waals surface area (Å²) in [6, 6.07) is 11.6. The first kappa shape index (κ1) is 23.5. The number of aliphatic hydroxyl groups excluding tert-OH is 1. The first-order valence-corrected chi connectivity index (χ1v) is 12.1. The number of aliphatic hydroxyl groups is 1. The van der Waals surface area contributed by atoms with Crippen molar-refractivity contribution in [2.75, 3.05) is 0 Å². The lowest BCUT2D eigenvalue weighted by Crippen LogP contribution is -2.13. The van der Waals surface area contributed by atoms with E-state index in [2.05, 4.69) is 11.7 Å². The SMILES string of the molecule is CCCCCC(O)c1ccc([C@H]2C(=O)CC[C@@H]2CCCc2ccc(OC(=O)O)s2)cc1. The molecule has 1 aliphatic carbocycles. The molecule has 0 spiro atoms. The molecule has 0 aliphatic heterocycles. The quantitative estimate of drug-likeness (QED) is 0.305. The number of carbonyl (C=O) groups is 2. The summed E-state index contributed by atoms with van der Waals surface area (Å²) in [6.45, 7) is 2.15. The number of rotatable bonds is 11. The minimum Gasteiger partial charge on any atom is -0.449 e. The van der Waals surface area contributed by atoms with Gasteiger partial charge in [-0.1, -0.05) is 50.5 Å². The molecule has 1 aromatic carbocycles. The van der Waals surface area contributed by atoms with Crippen LogP contribution in [0.4, 0.5) is 4.79 Å². The molecule has 1 unspecified atom stereocenters. The van der Waals surface area contributed by atoms with Crippen molar-refractivity contribution in [2.24, 2.45) is 5.92 Å². The molecule has 31 heavy (non-hydrogen) atoms. The molecule has 1 heterocycles. The van der Waals surface area contributed by atoms with E-state index in [0.717, 1.165) is 67.4 Å². The van der Waals surface area contributed by atoms with Gasteiger partial charge in [0, 0.05) is 17.2 Å². The van der Waals surface area contributed by atoms with Gasteiger partial charge in [-0.25, -0.2) is 4.79 Å². The summed E-state index contributed by atoms with van der Waals surface area (Å²) in [5, 5.41) is 19.5. The van der Waals surface area contributed by atoms with Gasteiger partial charge < -0.3 is 14.9 Å². The van der Waals surface area contributed by atoms with Crippen LogP contribution in [0.1, 0.15) is 86.3 Å². The lowest BCUT2D eigenvalue weighted by Gasteiger charge is -2.20. The maximum atomic E-state index is 12.6. The summed E-state index contributed by atoms with van der Waals surface area (Å²) in [6.07, 6.45) is 6.67. The number of hydrogen-bond acceptors (Lipinski definition) is 5. The van der Waals surface area contributed by atoms with E-state index in [1.807, 2.05) is 30.3 Å². The second kappa shape index (κ2) is 11.4. The highest BCUT2D eigenvalue weighted by atomic mass is 32.1. The number of benzene rings is 1. The number of thiophene rings is 1. The topological polar surface area (TPSA) is 83.8 Å². The number of hydrogen-bond donors (Lipinski definition) is 2. The number of ether oxygens (including phenoxy) is 1. The molecule has 0 radical (unpaired) electrons. The maximum Gasteiger partial charge on any atom is 0.512 e. The Kier molecular flexibility index (Phi) is 8.67. The fourth-order valence-corrected chi connectivity index (χ4v) is 5.42. The van der Waals surface area contributed by atoms with Gasteiger partial charge in [-0.2, -0.15) is 0 Å². The molecular weight excluding hydrogens is 412 g/mol. The Morgan fingerprint density at radius 1 is 1.16 bits per heavy atom. The second-order valence-corrected chi connectivity index (χ2v) is 9.53. The first-order chi connectivity index (χ1) is 15.0. The molecule has 6 heteroatoms. The van der Waals surface area contributed by atoms with Gasteiger partial charge in [0.05, 0.1) is 6.10 Å². The molecule has 0 amide bonds. The minimum absolute atomic E-state index is 0.0551. The lowest BCUT2D eigenvalue weighted by molar-refractivity contribution is -0.119. The highest BCUT2D eigenvalue weighted by Crippen LogP contribution is 2.40. The first-order valence-electron chi connectivity index (χ1n) is 11.3. The van der Waals surface area contributed by atoms with Crippen molar-refractivity contribution in [3.05, 3.63) is 52.4 Å². The third-order valence-electron chi connectivity index (χ3n) is 6.16. The van der Waals surface area contributed by atoms with E-state index in [-0.39, 0.29) is 5.92 Å². The van der Waals surface area contributed by atoms with Crippen molar-refractivity contribution >= 4 is 23.3 Å². The molecule has 3 atom stereocenters. The number of carbonyl (C=O) groups excluding carboxylic acids is 1. The van der Waals surface area contributed by atoms with E-state index in [9.17, 15) is 14.7 Å². The fraction of sp³-hybridized carbons (Fsp3) is 0.520. The van der Waals surface area contributed by atoms with E-state index >= 15 is 0 Å². The van der Waals surface area contributed by atoms with Gasteiger partial charge >= 0.3 is 6.16 Å². The van der Waals surface area contributed by atoms with Gasteiger partial charge in [-0.3, -0.25) is 4.79 Å². The smallest absolute Gasteiger partial charge is 0.449 e. The molecule has 168 valence electrons. The van der Waals surface area contributed by atoms with E-state index in [4.69, 9.17) is 5.11 Å². The average molecular weight is 445 g/mol. The Morgan fingerprint density at radius 2 is 1.94 bits per heavy atom. The number of Topliss-reactive ketones (excluding diaryl/α,β-unsaturated/α-hetero) is 1. The predicted molar refractivity (Wildman–Crippen MR) is 122 cm³/mol. The molecular formula is C25H32O5S. The predicted octanol–water partition coefficient (Wildman–Crippen LogP) is 6.50. The van der Waals surface area contributed by atoms with Gasteiger partial charge in [-0.05, 0) is 61.3 Å². The molecule has 0 saturated heterocycles.